The molecule has 1 rings (SSSR count). The Labute approximate surface area is 128 Å². The van der Waals surface area contributed by atoms with Crippen molar-refractivity contribution in [3.05, 3.63) is 48.0 Å². The van der Waals surface area contributed by atoms with Crippen molar-refractivity contribution in [1.29, 1.82) is 0 Å². The Bertz CT molecular complexity index is 578. The van der Waals surface area contributed by atoms with Gasteiger partial charge < -0.3 is 14.9 Å². The van der Waals surface area contributed by atoms with Gasteiger partial charge in [-0.25, -0.2) is 4.79 Å². The molecule has 0 aliphatic rings. The van der Waals surface area contributed by atoms with Gasteiger partial charge in [-0.2, -0.15) is 0 Å². The van der Waals surface area contributed by atoms with Crippen LogP contribution in [0.1, 0.15) is 23.2 Å². The Morgan fingerprint density at radius 1 is 1.18 bits per heavy atom. The average molecular weight is 306 g/mol. The van der Waals surface area contributed by atoms with E-state index in [1.807, 2.05) is 0 Å². The van der Waals surface area contributed by atoms with E-state index in [1.54, 1.807) is 30.3 Å². The third-order valence-electron chi connectivity index (χ3n) is 3.54. The van der Waals surface area contributed by atoms with Gasteiger partial charge in [0, 0.05) is 31.3 Å². The van der Waals surface area contributed by atoms with E-state index in [2.05, 4.69) is 6.58 Å². The molecule has 1 unspecified atom stereocenters. The van der Waals surface area contributed by atoms with Gasteiger partial charge in [-0.15, -0.1) is 0 Å². The smallest absolute Gasteiger partial charge is 0.332 e. The monoisotopic (exact) mass is 306 g/mol. The molecule has 2 N–H and O–H groups in total. The number of Topliss-reactive ketones (excluding diaryl/α,β-unsaturated/α-hetero) is 1. The maximum Gasteiger partial charge on any atom is 0.332 e. The molecule has 0 amide bonds. The number of ketones is 1. The number of rotatable bonds is 9. The molecular weight excluding hydrogens is 288 g/mol. The third kappa shape index (κ3) is 3.79. The molecule has 0 heterocycles. The minimum absolute atomic E-state index is 0.000664. The van der Waals surface area contributed by atoms with Crippen LogP contribution < -0.4 is 0 Å². The molecular formula is C16H18O6. The number of hydrogen-bond donors (Lipinski definition) is 2. The standard InChI is InChI=1S/C16H18O6/c1-11(14(18)19)16(15(20)21,8-9-22-2)10-13(17)12-6-4-3-5-7-12/h3-7H,1,8-10H2,2H3,(H,18,19)(H,20,21). The molecule has 1 aromatic carbocycles. The van der Waals surface area contributed by atoms with Crippen molar-refractivity contribution in [1.82, 2.24) is 0 Å². The SMILES string of the molecule is C=C(C(=O)O)C(CCOC)(CC(=O)c1ccccc1)C(=O)O. The molecule has 0 aliphatic heterocycles. The summed E-state index contributed by atoms with van der Waals surface area (Å²) >= 11 is 0. The maximum atomic E-state index is 12.3. The minimum Gasteiger partial charge on any atom is -0.481 e. The number of ether oxygens (including phenoxy) is 1. The highest BCUT2D eigenvalue weighted by atomic mass is 16.5. The van der Waals surface area contributed by atoms with E-state index in [0.29, 0.717) is 5.56 Å². The number of methoxy groups -OCH3 is 1. The fourth-order valence-electron chi connectivity index (χ4n) is 2.14. The Balaban J connectivity index is 3.18. The van der Waals surface area contributed by atoms with Crippen molar-refractivity contribution in [2.45, 2.75) is 12.8 Å². The normalized spacial score (nSPS) is 13.1. The van der Waals surface area contributed by atoms with Crippen LogP contribution in [0.25, 0.3) is 0 Å². The van der Waals surface area contributed by atoms with E-state index in [9.17, 15) is 19.5 Å². The highest BCUT2D eigenvalue weighted by Gasteiger charge is 2.45. The van der Waals surface area contributed by atoms with Crippen LogP contribution in [0.5, 0.6) is 0 Å². The van der Waals surface area contributed by atoms with E-state index in [1.165, 1.54) is 7.11 Å². The molecule has 22 heavy (non-hydrogen) atoms. The van der Waals surface area contributed by atoms with E-state index >= 15 is 0 Å². The quantitative estimate of drug-likeness (QED) is 0.534. The van der Waals surface area contributed by atoms with Gasteiger partial charge in [0.1, 0.15) is 5.41 Å². The predicted molar refractivity (Wildman–Crippen MR) is 78.7 cm³/mol. The molecule has 118 valence electrons. The molecule has 0 spiro atoms. The molecule has 0 fully saturated rings. The first-order valence-electron chi connectivity index (χ1n) is 6.58. The lowest BCUT2D eigenvalue weighted by molar-refractivity contribution is -0.151. The van der Waals surface area contributed by atoms with Crippen molar-refractivity contribution >= 4 is 17.7 Å². The van der Waals surface area contributed by atoms with Crippen molar-refractivity contribution in [2.24, 2.45) is 5.41 Å². The summed E-state index contributed by atoms with van der Waals surface area (Å²) in [5.41, 5.74) is -2.10. The average Bonchev–Trinajstić information content (AvgIpc) is 2.51. The summed E-state index contributed by atoms with van der Waals surface area (Å²) in [5.74, 6) is -3.30. The number of carbonyl (C=O) groups excluding carboxylic acids is 1. The number of carboxylic acids is 2. The Morgan fingerprint density at radius 2 is 1.77 bits per heavy atom. The first kappa shape index (κ1) is 17.6. The minimum atomic E-state index is -1.89. The molecule has 0 aromatic heterocycles. The van der Waals surface area contributed by atoms with E-state index < -0.39 is 35.1 Å². The van der Waals surface area contributed by atoms with Gasteiger partial charge in [-0.3, -0.25) is 9.59 Å². The Hall–Kier alpha value is -2.47. The molecule has 0 bridgehead atoms. The fraction of sp³-hybridized carbons (Fsp3) is 0.312. The zero-order valence-electron chi connectivity index (χ0n) is 12.2. The summed E-state index contributed by atoms with van der Waals surface area (Å²) in [6, 6.07) is 8.12. The Morgan fingerprint density at radius 3 is 2.23 bits per heavy atom. The number of carboxylic acid groups (broad SMARTS) is 2. The van der Waals surface area contributed by atoms with Gasteiger partial charge in [0.2, 0.25) is 0 Å². The molecule has 0 saturated carbocycles. The molecule has 6 nitrogen and oxygen atoms in total. The molecule has 0 aliphatic carbocycles. The van der Waals surface area contributed by atoms with Crippen LogP contribution in [-0.2, 0) is 14.3 Å². The van der Waals surface area contributed by atoms with E-state index in [0.717, 1.165) is 0 Å². The largest absolute Gasteiger partial charge is 0.481 e. The highest BCUT2D eigenvalue weighted by molar-refractivity contribution is 6.03. The topological polar surface area (TPSA) is 101 Å². The van der Waals surface area contributed by atoms with Gasteiger partial charge in [0.25, 0.3) is 0 Å². The lowest BCUT2D eigenvalue weighted by Gasteiger charge is -2.28. The Kier molecular flexibility index (Phi) is 6.00. The van der Waals surface area contributed by atoms with Crippen LogP contribution in [0, 0.1) is 5.41 Å². The van der Waals surface area contributed by atoms with Crippen LogP contribution in [-0.4, -0.2) is 41.7 Å². The van der Waals surface area contributed by atoms with Crippen molar-refractivity contribution in [2.75, 3.05) is 13.7 Å². The van der Waals surface area contributed by atoms with Gasteiger partial charge in [0.05, 0.1) is 0 Å². The number of hydrogen-bond acceptors (Lipinski definition) is 4. The molecule has 1 aromatic rings. The summed E-state index contributed by atoms with van der Waals surface area (Å²) in [7, 11) is 1.37. The molecule has 6 heteroatoms. The van der Waals surface area contributed by atoms with Crippen LogP contribution in [0.4, 0.5) is 0 Å². The van der Waals surface area contributed by atoms with Crippen LogP contribution in [0.2, 0.25) is 0 Å². The predicted octanol–water partition coefficient (Wildman–Crippen LogP) is 2.01. The molecule has 0 radical (unpaired) electrons. The fourth-order valence-corrected chi connectivity index (χ4v) is 2.14. The van der Waals surface area contributed by atoms with Gasteiger partial charge in [-0.1, -0.05) is 36.9 Å². The first-order chi connectivity index (χ1) is 10.3. The number of benzene rings is 1. The number of carbonyl (C=O) groups is 3. The molecule has 1 atom stereocenters. The summed E-state index contributed by atoms with van der Waals surface area (Å²) in [5, 5.41) is 18.7. The lowest BCUT2D eigenvalue weighted by Crippen LogP contribution is -2.39. The van der Waals surface area contributed by atoms with Crippen molar-refractivity contribution in [3.8, 4) is 0 Å². The molecule has 0 saturated heterocycles. The zero-order valence-corrected chi connectivity index (χ0v) is 12.2. The van der Waals surface area contributed by atoms with Gasteiger partial charge in [0.15, 0.2) is 5.78 Å². The summed E-state index contributed by atoms with van der Waals surface area (Å²) in [6.07, 6.45) is -0.636. The lowest BCUT2D eigenvalue weighted by atomic mass is 9.73. The summed E-state index contributed by atoms with van der Waals surface area (Å²) in [4.78, 5) is 35.2. The van der Waals surface area contributed by atoms with Crippen molar-refractivity contribution < 1.29 is 29.3 Å². The van der Waals surface area contributed by atoms with Crippen LogP contribution in [0.3, 0.4) is 0 Å². The second kappa shape index (κ2) is 7.51. The summed E-state index contributed by atoms with van der Waals surface area (Å²) < 4.78 is 4.86. The third-order valence-corrected chi connectivity index (χ3v) is 3.54. The van der Waals surface area contributed by atoms with Crippen LogP contribution in [0.15, 0.2) is 42.5 Å². The highest BCUT2D eigenvalue weighted by Crippen LogP contribution is 2.36. The summed E-state index contributed by atoms with van der Waals surface area (Å²) in [6.45, 7) is 3.36. The van der Waals surface area contributed by atoms with Crippen molar-refractivity contribution in [3.63, 3.8) is 0 Å². The maximum absolute atomic E-state index is 12.3. The van der Waals surface area contributed by atoms with Crippen LogP contribution >= 0.6 is 0 Å². The number of aliphatic carboxylic acids is 2. The zero-order chi connectivity index (χ0) is 16.8. The van der Waals surface area contributed by atoms with Gasteiger partial charge >= 0.3 is 11.9 Å². The van der Waals surface area contributed by atoms with E-state index in [-0.39, 0.29) is 13.0 Å². The van der Waals surface area contributed by atoms with E-state index in [4.69, 9.17) is 9.84 Å². The second-order valence-electron chi connectivity index (χ2n) is 4.88. The first-order valence-corrected chi connectivity index (χ1v) is 6.58. The second-order valence-corrected chi connectivity index (χ2v) is 4.88. The van der Waals surface area contributed by atoms with Gasteiger partial charge in [-0.05, 0) is 6.42 Å².